The number of aromatic nitrogens is 3. The summed E-state index contributed by atoms with van der Waals surface area (Å²) in [5, 5.41) is 11.8. The summed E-state index contributed by atoms with van der Waals surface area (Å²) in [6.07, 6.45) is 5.72. The minimum Gasteiger partial charge on any atom is -0.478 e. The Balaban J connectivity index is 2.26. The Morgan fingerprint density at radius 1 is 1.29 bits per heavy atom. The molecule has 86 valence electrons. The summed E-state index contributed by atoms with van der Waals surface area (Å²) in [4.78, 5) is 22.2. The molecular weight excluding hydrogens is 244 g/mol. The van der Waals surface area contributed by atoms with Gasteiger partial charge in [-0.2, -0.15) is 0 Å². The molecule has 7 heteroatoms. The standard InChI is InChI=1S/C10H7ClN4O2/c11-8-1-6(10(16)17)2-14-9(8)15-7-3-12-5-13-4-7/h1-5H,(H,14,15)(H,16,17). The van der Waals surface area contributed by atoms with Crippen molar-refractivity contribution in [3.8, 4) is 0 Å². The molecule has 2 rings (SSSR count). The van der Waals surface area contributed by atoms with Gasteiger partial charge in [-0.3, -0.25) is 0 Å². The zero-order valence-corrected chi connectivity index (χ0v) is 9.22. The highest BCUT2D eigenvalue weighted by atomic mass is 35.5. The van der Waals surface area contributed by atoms with Gasteiger partial charge in [0.05, 0.1) is 28.7 Å². The second kappa shape index (κ2) is 4.75. The minimum atomic E-state index is -1.08. The van der Waals surface area contributed by atoms with Gasteiger partial charge in [0, 0.05) is 6.20 Å². The highest BCUT2D eigenvalue weighted by Gasteiger charge is 2.08. The fourth-order valence-corrected chi connectivity index (χ4v) is 1.36. The molecule has 0 spiro atoms. The number of carbonyl (C=O) groups is 1. The molecule has 0 aliphatic rings. The highest BCUT2D eigenvalue weighted by molar-refractivity contribution is 6.33. The van der Waals surface area contributed by atoms with Gasteiger partial charge in [0.25, 0.3) is 0 Å². The molecule has 0 saturated carbocycles. The second-order valence-electron chi connectivity index (χ2n) is 3.11. The van der Waals surface area contributed by atoms with Crippen molar-refractivity contribution in [3.05, 3.63) is 41.6 Å². The van der Waals surface area contributed by atoms with Gasteiger partial charge in [-0.25, -0.2) is 19.7 Å². The number of pyridine rings is 1. The first-order valence-corrected chi connectivity index (χ1v) is 4.95. The topological polar surface area (TPSA) is 88.0 Å². The number of halogens is 1. The summed E-state index contributed by atoms with van der Waals surface area (Å²) in [5.41, 5.74) is 0.648. The number of hydrogen-bond acceptors (Lipinski definition) is 5. The fraction of sp³-hybridized carbons (Fsp3) is 0. The van der Waals surface area contributed by atoms with Gasteiger partial charge in [0.1, 0.15) is 12.1 Å². The van der Waals surface area contributed by atoms with Crippen molar-refractivity contribution in [2.45, 2.75) is 0 Å². The first kappa shape index (κ1) is 11.3. The van der Waals surface area contributed by atoms with E-state index in [9.17, 15) is 4.79 Å². The fourth-order valence-electron chi connectivity index (χ4n) is 1.15. The lowest BCUT2D eigenvalue weighted by Gasteiger charge is -2.06. The number of aromatic carboxylic acids is 1. The number of carboxylic acid groups (broad SMARTS) is 1. The van der Waals surface area contributed by atoms with Crippen molar-refractivity contribution in [1.29, 1.82) is 0 Å². The van der Waals surface area contributed by atoms with E-state index >= 15 is 0 Å². The number of hydrogen-bond donors (Lipinski definition) is 2. The van der Waals surface area contributed by atoms with Crippen LogP contribution in [0, 0.1) is 0 Å². The van der Waals surface area contributed by atoms with Crippen LogP contribution in [0.3, 0.4) is 0 Å². The molecule has 0 radical (unpaired) electrons. The minimum absolute atomic E-state index is 0.0323. The summed E-state index contributed by atoms with van der Waals surface area (Å²) >= 11 is 5.89. The van der Waals surface area contributed by atoms with E-state index in [-0.39, 0.29) is 10.6 Å². The number of carboxylic acids is 1. The normalized spacial score (nSPS) is 9.94. The van der Waals surface area contributed by atoms with Crippen LogP contribution < -0.4 is 5.32 Å². The lowest BCUT2D eigenvalue weighted by Crippen LogP contribution is -2.00. The summed E-state index contributed by atoms with van der Waals surface area (Å²) < 4.78 is 0. The number of nitrogens with one attached hydrogen (secondary N) is 1. The Labute approximate surface area is 101 Å². The van der Waals surface area contributed by atoms with E-state index in [0.29, 0.717) is 11.5 Å². The Bertz CT molecular complexity index is 547. The van der Waals surface area contributed by atoms with E-state index in [2.05, 4.69) is 20.3 Å². The third-order valence-electron chi connectivity index (χ3n) is 1.91. The maximum Gasteiger partial charge on any atom is 0.337 e. The van der Waals surface area contributed by atoms with E-state index < -0.39 is 5.97 Å². The number of rotatable bonds is 3. The van der Waals surface area contributed by atoms with Gasteiger partial charge in [-0.15, -0.1) is 0 Å². The molecule has 0 saturated heterocycles. The van der Waals surface area contributed by atoms with Crippen LogP contribution in [0.5, 0.6) is 0 Å². The van der Waals surface area contributed by atoms with Crippen molar-refractivity contribution < 1.29 is 9.90 Å². The Morgan fingerprint density at radius 2 is 2.00 bits per heavy atom. The molecule has 0 aromatic carbocycles. The largest absolute Gasteiger partial charge is 0.478 e. The van der Waals surface area contributed by atoms with Crippen molar-refractivity contribution in [2.75, 3.05) is 5.32 Å². The Hall–Kier alpha value is -2.21. The van der Waals surface area contributed by atoms with E-state index in [0.717, 1.165) is 0 Å². The van der Waals surface area contributed by atoms with Crippen molar-refractivity contribution in [1.82, 2.24) is 15.0 Å². The predicted molar refractivity (Wildman–Crippen MR) is 61.5 cm³/mol. The molecule has 0 bridgehead atoms. The first-order chi connectivity index (χ1) is 8.16. The maximum absolute atomic E-state index is 10.7. The second-order valence-corrected chi connectivity index (χ2v) is 3.52. The van der Waals surface area contributed by atoms with Crippen molar-refractivity contribution >= 4 is 29.1 Å². The first-order valence-electron chi connectivity index (χ1n) is 4.57. The number of anilines is 2. The molecule has 2 N–H and O–H groups in total. The van der Waals surface area contributed by atoms with Crippen LogP contribution in [-0.2, 0) is 0 Å². The maximum atomic E-state index is 10.7. The molecule has 2 heterocycles. The van der Waals surface area contributed by atoms with Crippen LogP contribution in [0.25, 0.3) is 0 Å². The quantitative estimate of drug-likeness (QED) is 0.866. The van der Waals surface area contributed by atoms with Crippen LogP contribution in [0.15, 0.2) is 31.0 Å². The summed E-state index contributed by atoms with van der Waals surface area (Å²) in [6.45, 7) is 0. The van der Waals surface area contributed by atoms with E-state index in [1.165, 1.54) is 18.6 Å². The zero-order chi connectivity index (χ0) is 12.3. The average molecular weight is 251 g/mol. The number of nitrogens with zero attached hydrogens (tertiary/aromatic N) is 3. The molecule has 6 nitrogen and oxygen atoms in total. The summed E-state index contributed by atoms with van der Waals surface area (Å²) in [6, 6.07) is 1.32. The Morgan fingerprint density at radius 3 is 2.59 bits per heavy atom. The smallest absolute Gasteiger partial charge is 0.337 e. The zero-order valence-electron chi connectivity index (χ0n) is 8.46. The molecule has 17 heavy (non-hydrogen) atoms. The molecule has 0 fully saturated rings. The molecule has 0 aliphatic carbocycles. The Kier molecular flexibility index (Phi) is 3.15. The van der Waals surface area contributed by atoms with E-state index in [1.54, 1.807) is 12.4 Å². The molecular formula is C10H7ClN4O2. The molecule has 0 aliphatic heterocycles. The molecule has 0 atom stereocenters. The van der Waals surface area contributed by atoms with Crippen molar-refractivity contribution in [3.63, 3.8) is 0 Å². The van der Waals surface area contributed by atoms with Crippen LogP contribution in [0.4, 0.5) is 11.5 Å². The van der Waals surface area contributed by atoms with Crippen LogP contribution in [0.2, 0.25) is 5.02 Å². The van der Waals surface area contributed by atoms with Gasteiger partial charge in [0.15, 0.2) is 0 Å². The molecule has 2 aromatic rings. The third kappa shape index (κ3) is 2.67. The van der Waals surface area contributed by atoms with Gasteiger partial charge in [-0.1, -0.05) is 11.6 Å². The van der Waals surface area contributed by atoms with Gasteiger partial charge in [0.2, 0.25) is 0 Å². The van der Waals surface area contributed by atoms with Crippen LogP contribution >= 0.6 is 11.6 Å². The van der Waals surface area contributed by atoms with E-state index in [4.69, 9.17) is 16.7 Å². The van der Waals surface area contributed by atoms with E-state index in [1.807, 2.05) is 0 Å². The third-order valence-corrected chi connectivity index (χ3v) is 2.20. The monoisotopic (exact) mass is 250 g/mol. The lowest BCUT2D eigenvalue weighted by atomic mass is 10.3. The lowest BCUT2D eigenvalue weighted by molar-refractivity contribution is 0.0696. The summed E-state index contributed by atoms with van der Waals surface area (Å²) in [7, 11) is 0. The molecule has 2 aromatic heterocycles. The van der Waals surface area contributed by atoms with Crippen LogP contribution in [0.1, 0.15) is 10.4 Å². The summed E-state index contributed by atoms with van der Waals surface area (Å²) in [5.74, 6) is -0.722. The van der Waals surface area contributed by atoms with Gasteiger partial charge in [-0.05, 0) is 6.07 Å². The highest BCUT2D eigenvalue weighted by Crippen LogP contribution is 2.23. The van der Waals surface area contributed by atoms with Gasteiger partial charge >= 0.3 is 5.97 Å². The SMILES string of the molecule is O=C(O)c1cnc(Nc2cncnc2)c(Cl)c1. The van der Waals surface area contributed by atoms with Gasteiger partial charge < -0.3 is 10.4 Å². The van der Waals surface area contributed by atoms with Crippen LogP contribution in [-0.4, -0.2) is 26.0 Å². The van der Waals surface area contributed by atoms with Crippen molar-refractivity contribution in [2.24, 2.45) is 0 Å². The molecule has 0 amide bonds. The molecule has 0 unspecified atom stereocenters. The predicted octanol–water partition coefficient (Wildman–Crippen LogP) is 1.97. The average Bonchev–Trinajstić information content (AvgIpc) is 2.33.